The summed E-state index contributed by atoms with van der Waals surface area (Å²) in [6, 6.07) is 7.11. The van der Waals surface area contributed by atoms with Crippen molar-refractivity contribution in [2.45, 2.75) is 40.2 Å². The number of nitrogens with one attached hydrogen (secondary N) is 1. The number of oxime groups is 1. The van der Waals surface area contributed by atoms with Gasteiger partial charge in [-0.05, 0) is 31.0 Å². The van der Waals surface area contributed by atoms with E-state index in [1.54, 1.807) is 0 Å². The number of hydrogen-bond donors (Lipinski definition) is 2. The van der Waals surface area contributed by atoms with E-state index in [1.807, 2.05) is 52.0 Å². The number of aliphatic carboxylic acids is 1. The predicted molar refractivity (Wildman–Crippen MR) is 85.8 cm³/mol. The minimum absolute atomic E-state index is 0.462. The Kier molecular flexibility index (Phi) is 9.88. The molecule has 0 saturated heterocycles. The molecule has 118 valence electrons. The van der Waals surface area contributed by atoms with Gasteiger partial charge in [-0.3, -0.25) is 4.79 Å². The molecule has 1 rings (SSSR count). The van der Waals surface area contributed by atoms with Gasteiger partial charge >= 0.3 is 5.97 Å². The summed E-state index contributed by atoms with van der Waals surface area (Å²) in [6.45, 7) is 8.38. The van der Waals surface area contributed by atoms with Crippen LogP contribution in [0.1, 0.15) is 38.8 Å². The molecule has 0 radical (unpaired) electrons. The van der Waals surface area contributed by atoms with Crippen LogP contribution in [-0.2, 0) is 16.1 Å². The van der Waals surface area contributed by atoms with E-state index in [4.69, 9.17) is 9.94 Å². The van der Waals surface area contributed by atoms with Crippen LogP contribution in [0, 0.1) is 0 Å². The van der Waals surface area contributed by atoms with Crippen molar-refractivity contribution in [3.05, 3.63) is 35.4 Å². The Labute approximate surface area is 127 Å². The van der Waals surface area contributed by atoms with Gasteiger partial charge in [-0.15, -0.1) is 0 Å². The van der Waals surface area contributed by atoms with Gasteiger partial charge in [0.05, 0.1) is 5.71 Å². The molecule has 1 aromatic carbocycles. The standard InChI is InChI=1S/C14H20N2O3.C2H6/c1-4-15-13(14(17)18)9-11-5-7-12(8-6-11)10(2)16-19-3;1-2/h5-8,13,15H,4,9H2,1-3H3,(H,17,18);1-2H3/b16-10-;. The average molecular weight is 294 g/mol. The van der Waals surface area contributed by atoms with Crippen molar-refractivity contribution in [2.75, 3.05) is 13.7 Å². The minimum atomic E-state index is -0.831. The summed E-state index contributed by atoms with van der Waals surface area (Å²) in [6.07, 6.45) is 0.462. The Morgan fingerprint density at radius 2 is 1.90 bits per heavy atom. The van der Waals surface area contributed by atoms with Crippen molar-refractivity contribution >= 4 is 11.7 Å². The molecule has 0 bridgehead atoms. The van der Waals surface area contributed by atoms with Crippen LogP contribution in [0.2, 0.25) is 0 Å². The molecule has 1 aromatic rings. The van der Waals surface area contributed by atoms with Crippen LogP contribution in [0.15, 0.2) is 29.4 Å². The summed E-state index contributed by atoms with van der Waals surface area (Å²) in [5.74, 6) is -0.831. The number of hydrogen-bond acceptors (Lipinski definition) is 4. The SMILES string of the molecule is CC.CCNC(Cc1ccc(/C(C)=N\OC)cc1)C(=O)O. The van der Waals surface area contributed by atoms with E-state index in [0.29, 0.717) is 13.0 Å². The van der Waals surface area contributed by atoms with Gasteiger partial charge < -0.3 is 15.3 Å². The van der Waals surface area contributed by atoms with E-state index in [1.165, 1.54) is 7.11 Å². The monoisotopic (exact) mass is 294 g/mol. The Morgan fingerprint density at radius 3 is 2.33 bits per heavy atom. The Hall–Kier alpha value is -1.88. The minimum Gasteiger partial charge on any atom is -0.480 e. The zero-order chi connectivity index (χ0) is 16.3. The molecule has 0 aliphatic carbocycles. The molecular formula is C16H26N2O3. The lowest BCUT2D eigenvalue weighted by Crippen LogP contribution is -2.38. The highest BCUT2D eigenvalue weighted by atomic mass is 16.6. The summed E-state index contributed by atoms with van der Waals surface area (Å²) in [5, 5.41) is 15.9. The number of carbonyl (C=O) groups is 1. The molecule has 1 unspecified atom stereocenters. The lowest BCUT2D eigenvalue weighted by molar-refractivity contribution is -0.139. The van der Waals surface area contributed by atoms with E-state index in [-0.39, 0.29) is 0 Å². The van der Waals surface area contributed by atoms with Gasteiger partial charge in [-0.1, -0.05) is 50.2 Å². The van der Waals surface area contributed by atoms with E-state index >= 15 is 0 Å². The van der Waals surface area contributed by atoms with Crippen LogP contribution >= 0.6 is 0 Å². The van der Waals surface area contributed by atoms with Crippen LogP contribution in [0.3, 0.4) is 0 Å². The second-order valence-electron chi connectivity index (χ2n) is 4.21. The highest BCUT2D eigenvalue weighted by molar-refractivity contribution is 5.98. The van der Waals surface area contributed by atoms with Gasteiger partial charge in [0, 0.05) is 0 Å². The molecule has 0 spiro atoms. The number of rotatable bonds is 7. The number of carboxylic acid groups (broad SMARTS) is 1. The molecule has 0 aliphatic heterocycles. The maximum atomic E-state index is 11.1. The van der Waals surface area contributed by atoms with Crippen molar-refractivity contribution in [1.82, 2.24) is 5.32 Å². The number of nitrogens with zero attached hydrogens (tertiary/aromatic N) is 1. The Morgan fingerprint density at radius 1 is 1.33 bits per heavy atom. The molecule has 0 aliphatic rings. The van der Waals surface area contributed by atoms with Crippen LogP contribution < -0.4 is 5.32 Å². The van der Waals surface area contributed by atoms with Gasteiger partial charge in [0.15, 0.2) is 0 Å². The lowest BCUT2D eigenvalue weighted by Gasteiger charge is -2.13. The second kappa shape index (κ2) is 10.9. The largest absolute Gasteiger partial charge is 0.480 e. The van der Waals surface area contributed by atoms with E-state index in [0.717, 1.165) is 16.8 Å². The Bertz CT molecular complexity index is 441. The first-order valence-corrected chi connectivity index (χ1v) is 7.21. The first kappa shape index (κ1) is 19.1. The van der Waals surface area contributed by atoms with Crippen molar-refractivity contribution in [1.29, 1.82) is 0 Å². The van der Waals surface area contributed by atoms with Crippen molar-refractivity contribution < 1.29 is 14.7 Å². The molecule has 1 atom stereocenters. The maximum Gasteiger partial charge on any atom is 0.321 e. The molecule has 21 heavy (non-hydrogen) atoms. The number of carboxylic acids is 1. The highest BCUT2D eigenvalue weighted by Crippen LogP contribution is 2.08. The fraction of sp³-hybridized carbons (Fsp3) is 0.500. The predicted octanol–water partition coefficient (Wildman–Crippen LogP) is 2.69. The first-order valence-electron chi connectivity index (χ1n) is 7.21. The first-order chi connectivity index (χ1) is 10.1. The van der Waals surface area contributed by atoms with Crippen LogP contribution in [0.5, 0.6) is 0 Å². The highest BCUT2D eigenvalue weighted by Gasteiger charge is 2.16. The molecule has 2 N–H and O–H groups in total. The summed E-state index contributed by atoms with van der Waals surface area (Å²) in [4.78, 5) is 15.8. The van der Waals surface area contributed by atoms with E-state index in [9.17, 15) is 4.79 Å². The number of benzene rings is 1. The Balaban J connectivity index is 0.00000191. The molecule has 0 fully saturated rings. The average Bonchev–Trinajstić information content (AvgIpc) is 2.49. The normalized spacial score (nSPS) is 12.1. The number of likely N-dealkylation sites (N-methyl/N-ethyl adjacent to an activating group) is 1. The van der Waals surface area contributed by atoms with Crippen LogP contribution in [0.4, 0.5) is 0 Å². The summed E-state index contributed by atoms with van der Waals surface area (Å²) < 4.78 is 0. The third-order valence-electron chi connectivity index (χ3n) is 2.79. The molecular weight excluding hydrogens is 268 g/mol. The molecule has 0 saturated carbocycles. The van der Waals surface area contributed by atoms with Gasteiger partial charge in [-0.25, -0.2) is 0 Å². The van der Waals surface area contributed by atoms with Gasteiger partial charge in [-0.2, -0.15) is 0 Å². The van der Waals surface area contributed by atoms with E-state index in [2.05, 4.69) is 10.5 Å². The molecule has 0 aromatic heterocycles. The van der Waals surface area contributed by atoms with Crippen molar-refractivity contribution in [2.24, 2.45) is 5.16 Å². The van der Waals surface area contributed by atoms with Crippen molar-refractivity contribution in [3.8, 4) is 0 Å². The van der Waals surface area contributed by atoms with Gasteiger partial charge in [0.1, 0.15) is 13.2 Å². The topological polar surface area (TPSA) is 70.9 Å². The zero-order valence-electron chi connectivity index (χ0n) is 13.5. The molecule has 0 heterocycles. The molecule has 5 heteroatoms. The fourth-order valence-corrected chi connectivity index (χ4v) is 1.80. The zero-order valence-corrected chi connectivity index (χ0v) is 13.5. The fourth-order valence-electron chi connectivity index (χ4n) is 1.80. The molecule has 0 amide bonds. The van der Waals surface area contributed by atoms with Crippen LogP contribution in [0.25, 0.3) is 0 Å². The second-order valence-corrected chi connectivity index (χ2v) is 4.21. The molecule has 5 nitrogen and oxygen atoms in total. The smallest absolute Gasteiger partial charge is 0.321 e. The third kappa shape index (κ3) is 6.90. The summed E-state index contributed by atoms with van der Waals surface area (Å²) in [5.41, 5.74) is 2.72. The lowest BCUT2D eigenvalue weighted by atomic mass is 10.0. The summed E-state index contributed by atoms with van der Waals surface area (Å²) >= 11 is 0. The van der Waals surface area contributed by atoms with E-state index < -0.39 is 12.0 Å². The third-order valence-corrected chi connectivity index (χ3v) is 2.79. The quantitative estimate of drug-likeness (QED) is 0.599. The van der Waals surface area contributed by atoms with Gasteiger partial charge in [0.25, 0.3) is 0 Å². The maximum absolute atomic E-state index is 11.1. The van der Waals surface area contributed by atoms with Gasteiger partial charge in [0.2, 0.25) is 0 Å². The van der Waals surface area contributed by atoms with Crippen LogP contribution in [-0.4, -0.2) is 36.5 Å². The summed E-state index contributed by atoms with van der Waals surface area (Å²) in [7, 11) is 1.51. The van der Waals surface area contributed by atoms with Crippen molar-refractivity contribution in [3.63, 3.8) is 0 Å².